The second-order valence-corrected chi connectivity index (χ2v) is 10.7. The highest BCUT2D eigenvalue weighted by molar-refractivity contribution is 6.04. The number of halogens is 3. The second-order valence-electron chi connectivity index (χ2n) is 10.7. The van der Waals surface area contributed by atoms with E-state index in [0.29, 0.717) is 43.2 Å². The Morgan fingerprint density at radius 1 is 0.905 bits per heavy atom. The number of ether oxygens (including phenoxy) is 1. The number of pyridine rings is 2. The maximum absolute atomic E-state index is 12.8. The van der Waals surface area contributed by atoms with Gasteiger partial charge in [-0.1, -0.05) is 19.1 Å². The zero-order chi connectivity index (χ0) is 29.7. The van der Waals surface area contributed by atoms with Gasteiger partial charge in [0.05, 0.1) is 17.4 Å². The number of alkyl halides is 3. The summed E-state index contributed by atoms with van der Waals surface area (Å²) in [4.78, 5) is 39.1. The van der Waals surface area contributed by atoms with Crippen molar-refractivity contribution in [2.75, 3.05) is 49.5 Å². The summed E-state index contributed by atoms with van der Waals surface area (Å²) in [5.41, 5.74) is 1.36. The predicted octanol–water partition coefficient (Wildman–Crippen LogP) is 5.30. The third-order valence-corrected chi connectivity index (χ3v) is 7.62. The minimum atomic E-state index is -4.44. The van der Waals surface area contributed by atoms with Crippen LogP contribution in [0.2, 0.25) is 0 Å². The molecule has 0 saturated carbocycles. The monoisotopic (exact) mass is 582 g/mol. The molecule has 0 unspecified atom stereocenters. The second kappa shape index (κ2) is 12.8. The van der Waals surface area contributed by atoms with E-state index in [0.717, 1.165) is 37.8 Å². The van der Waals surface area contributed by atoms with Crippen LogP contribution in [0, 0.1) is 5.92 Å². The number of hydrogen-bond donors (Lipinski definition) is 1. The number of hydrogen-bond acceptors (Lipinski definition) is 7. The number of aromatic nitrogens is 2. The van der Waals surface area contributed by atoms with Gasteiger partial charge in [-0.3, -0.25) is 9.69 Å². The van der Waals surface area contributed by atoms with E-state index in [1.165, 1.54) is 41.6 Å². The molecule has 42 heavy (non-hydrogen) atoms. The molecule has 2 fully saturated rings. The number of anilines is 2. The molecule has 2 amide bonds. The van der Waals surface area contributed by atoms with E-state index in [9.17, 15) is 22.8 Å². The van der Waals surface area contributed by atoms with Gasteiger partial charge in [0, 0.05) is 50.6 Å². The standard InChI is InChI=1S/C30H33F3N6O3/c1-21-10-12-37(13-11-21)20-22-2-4-23(5-3-22)28(40)36-25-7-9-27(35-19-25)42-29(41)39-16-14-38(15-17-39)26-8-6-24(18-34-26)30(31,32)33/h2-9,18-19,21H,10-17,20H2,1H3,(H,36,40). The van der Waals surface area contributed by atoms with Gasteiger partial charge in [-0.2, -0.15) is 13.2 Å². The Labute approximate surface area is 242 Å². The average molecular weight is 583 g/mol. The summed E-state index contributed by atoms with van der Waals surface area (Å²) in [5.74, 6) is 1.02. The molecule has 0 aliphatic carbocycles. The van der Waals surface area contributed by atoms with Gasteiger partial charge in [-0.05, 0) is 67.7 Å². The molecule has 1 N–H and O–H groups in total. The van der Waals surface area contributed by atoms with Crippen LogP contribution in [0.25, 0.3) is 0 Å². The van der Waals surface area contributed by atoms with E-state index in [4.69, 9.17) is 4.74 Å². The number of piperazine rings is 1. The van der Waals surface area contributed by atoms with Crippen molar-refractivity contribution in [2.45, 2.75) is 32.5 Å². The Bertz CT molecular complexity index is 1350. The molecule has 0 atom stereocenters. The fourth-order valence-electron chi connectivity index (χ4n) is 4.97. The first-order valence-corrected chi connectivity index (χ1v) is 14.0. The molecule has 222 valence electrons. The van der Waals surface area contributed by atoms with Gasteiger partial charge in [0.2, 0.25) is 5.88 Å². The maximum Gasteiger partial charge on any atom is 0.417 e. The van der Waals surface area contributed by atoms with Crippen molar-refractivity contribution in [1.82, 2.24) is 19.8 Å². The number of likely N-dealkylation sites (tertiary alicyclic amines) is 1. The summed E-state index contributed by atoms with van der Waals surface area (Å²) in [7, 11) is 0. The molecule has 3 aromatic rings. The molecule has 4 heterocycles. The van der Waals surface area contributed by atoms with Crippen LogP contribution in [0.4, 0.5) is 29.5 Å². The fraction of sp³-hybridized carbons (Fsp3) is 0.400. The number of nitrogens with zero attached hydrogens (tertiary/aromatic N) is 5. The molecule has 2 aliphatic heterocycles. The topological polar surface area (TPSA) is 90.9 Å². The zero-order valence-electron chi connectivity index (χ0n) is 23.3. The van der Waals surface area contributed by atoms with Crippen molar-refractivity contribution in [3.63, 3.8) is 0 Å². The Kier molecular flexibility index (Phi) is 8.91. The molecule has 1 aromatic carbocycles. The Hall–Kier alpha value is -4.19. The molecule has 2 saturated heterocycles. The third-order valence-electron chi connectivity index (χ3n) is 7.62. The summed E-state index contributed by atoms with van der Waals surface area (Å²) in [5, 5.41) is 2.80. The van der Waals surface area contributed by atoms with Crippen molar-refractivity contribution < 1.29 is 27.5 Å². The van der Waals surface area contributed by atoms with E-state index in [-0.39, 0.29) is 11.8 Å². The highest BCUT2D eigenvalue weighted by atomic mass is 19.4. The van der Waals surface area contributed by atoms with E-state index in [1.807, 2.05) is 29.2 Å². The van der Waals surface area contributed by atoms with Gasteiger partial charge < -0.3 is 19.9 Å². The molecule has 12 heteroatoms. The molecule has 2 aromatic heterocycles. The smallest absolute Gasteiger partial charge is 0.391 e. The summed E-state index contributed by atoms with van der Waals surface area (Å²) in [6, 6.07) is 13.0. The van der Waals surface area contributed by atoms with E-state index in [2.05, 4.69) is 27.1 Å². The minimum absolute atomic E-state index is 0.0845. The Morgan fingerprint density at radius 3 is 2.21 bits per heavy atom. The zero-order valence-corrected chi connectivity index (χ0v) is 23.3. The number of carbonyl (C=O) groups is 2. The van der Waals surface area contributed by atoms with Gasteiger partial charge >= 0.3 is 12.3 Å². The number of amides is 2. The quantitative estimate of drug-likeness (QED) is 0.422. The number of carbonyl (C=O) groups excluding carboxylic acids is 2. The minimum Gasteiger partial charge on any atom is -0.391 e. The predicted molar refractivity (Wildman–Crippen MR) is 151 cm³/mol. The Morgan fingerprint density at radius 2 is 1.62 bits per heavy atom. The summed E-state index contributed by atoms with van der Waals surface area (Å²) in [6.45, 7) is 6.78. The number of nitrogens with one attached hydrogen (secondary N) is 1. The highest BCUT2D eigenvalue weighted by Crippen LogP contribution is 2.29. The lowest BCUT2D eigenvalue weighted by molar-refractivity contribution is -0.137. The molecule has 5 rings (SSSR count). The lowest BCUT2D eigenvalue weighted by Gasteiger charge is -2.34. The molecule has 0 spiro atoms. The van der Waals surface area contributed by atoms with Crippen LogP contribution in [0.1, 0.15) is 41.3 Å². The van der Waals surface area contributed by atoms with Crippen LogP contribution in [0.5, 0.6) is 5.88 Å². The van der Waals surface area contributed by atoms with E-state index in [1.54, 1.807) is 6.07 Å². The van der Waals surface area contributed by atoms with Gasteiger partial charge in [-0.15, -0.1) is 0 Å². The average Bonchev–Trinajstić information content (AvgIpc) is 2.99. The van der Waals surface area contributed by atoms with Crippen LogP contribution >= 0.6 is 0 Å². The SMILES string of the molecule is CC1CCN(Cc2ccc(C(=O)Nc3ccc(OC(=O)N4CCN(c5ccc(C(F)(F)F)cn5)CC4)nc3)cc2)CC1. The van der Waals surface area contributed by atoms with Crippen molar-refractivity contribution in [1.29, 1.82) is 0 Å². The van der Waals surface area contributed by atoms with Crippen molar-refractivity contribution in [2.24, 2.45) is 5.92 Å². The molecule has 0 radical (unpaired) electrons. The summed E-state index contributed by atoms with van der Waals surface area (Å²) >= 11 is 0. The van der Waals surface area contributed by atoms with Crippen LogP contribution < -0.4 is 15.0 Å². The van der Waals surface area contributed by atoms with Crippen LogP contribution in [-0.2, 0) is 12.7 Å². The summed E-state index contributed by atoms with van der Waals surface area (Å²) < 4.78 is 43.7. The van der Waals surface area contributed by atoms with E-state index < -0.39 is 17.8 Å². The van der Waals surface area contributed by atoms with Gasteiger partial charge in [0.1, 0.15) is 5.82 Å². The van der Waals surface area contributed by atoms with Crippen LogP contribution in [0.3, 0.4) is 0 Å². The third kappa shape index (κ3) is 7.55. The molecule has 2 aliphatic rings. The molecular formula is C30H33F3N6O3. The van der Waals surface area contributed by atoms with Crippen molar-refractivity contribution >= 4 is 23.5 Å². The first-order valence-electron chi connectivity index (χ1n) is 14.0. The summed E-state index contributed by atoms with van der Waals surface area (Å²) in [6.07, 6.45) is -0.365. The molecule has 9 nitrogen and oxygen atoms in total. The lowest BCUT2D eigenvalue weighted by Crippen LogP contribution is -2.49. The largest absolute Gasteiger partial charge is 0.417 e. The number of benzene rings is 1. The fourth-order valence-corrected chi connectivity index (χ4v) is 4.97. The molecular weight excluding hydrogens is 549 g/mol. The lowest BCUT2D eigenvalue weighted by atomic mass is 9.99. The maximum atomic E-state index is 12.8. The van der Waals surface area contributed by atoms with Crippen molar-refractivity contribution in [3.05, 3.63) is 77.6 Å². The Balaban J connectivity index is 1.07. The normalized spacial score (nSPS) is 16.8. The first-order chi connectivity index (χ1) is 20.1. The van der Waals surface area contributed by atoms with Crippen LogP contribution in [0.15, 0.2) is 60.9 Å². The first kappa shape index (κ1) is 29.3. The van der Waals surface area contributed by atoms with E-state index >= 15 is 0 Å². The molecule has 0 bridgehead atoms. The van der Waals surface area contributed by atoms with Gasteiger partial charge in [-0.25, -0.2) is 14.8 Å². The van der Waals surface area contributed by atoms with Gasteiger partial charge in [0.15, 0.2) is 0 Å². The highest BCUT2D eigenvalue weighted by Gasteiger charge is 2.31. The van der Waals surface area contributed by atoms with Gasteiger partial charge in [0.25, 0.3) is 5.91 Å². The number of piperidine rings is 1. The van der Waals surface area contributed by atoms with Crippen molar-refractivity contribution in [3.8, 4) is 5.88 Å². The number of rotatable bonds is 6. The van der Waals surface area contributed by atoms with Crippen LogP contribution in [-0.4, -0.2) is 71.0 Å².